The van der Waals surface area contributed by atoms with E-state index in [0.717, 1.165) is 15.8 Å². The van der Waals surface area contributed by atoms with Crippen molar-refractivity contribution in [1.29, 1.82) is 0 Å². The van der Waals surface area contributed by atoms with Gasteiger partial charge in [-0.1, -0.05) is 31.3 Å². The second kappa shape index (κ2) is 11.8. The molecule has 4 rings (SSSR count). The number of fused-ring (bicyclic) bond motifs is 1. The van der Waals surface area contributed by atoms with E-state index in [9.17, 15) is 18.0 Å². The molecular weight excluding hydrogens is 538 g/mol. The molecule has 1 N–H and O–H groups in total. The monoisotopic (exact) mass is 567 g/mol. The van der Waals surface area contributed by atoms with Crippen LogP contribution in [0.4, 0.5) is 5.69 Å². The lowest BCUT2D eigenvalue weighted by Gasteiger charge is -2.09. The summed E-state index contributed by atoms with van der Waals surface area (Å²) in [6.07, 6.45) is 0. The minimum absolute atomic E-state index is 0.0763. The number of thiazole rings is 1. The molecule has 11 heteroatoms. The second-order valence-electron chi connectivity index (χ2n) is 8.93. The minimum Gasteiger partial charge on any atom is -0.497 e. The van der Waals surface area contributed by atoms with Crippen LogP contribution in [0.5, 0.6) is 5.75 Å². The first-order valence-electron chi connectivity index (χ1n) is 12.3. The van der Waals surface area contributed by atoms with E-state index in [-0.39, 0.29) is 23.6 Å². The maximum absolute atomic E-state index is 13.1. The zero-order chi connectivity index (χ0) is 28.2. The van der Waals surface area contributed by atoms with E-state index in [0.29, 0.717) is 22.2 Å². The smallest absolute Gasteiger partial charge is 0.326 e. The van der Waals surface area contributed by atoms with Gasteiger partial charge in [0.25, 0.3) is 15.9 Å². The van der Waals surface area contributed by atoms with Crippen LogP contribution in [0.2, 0.25) is 0 Å². The van der Waals surface area contributed by atoms with Gasteiger partial charge in [-0.25, -0.2) is 8.42 Å². The van der Waals surface area contributed by atoms with Gasteiger partial charge in [-0.15, -0.1) is 0 Å². The van der Waals surface area contributed by atoms with E-state index < -0.39 is 21.9 Å². The highest BCUT2D eigenvalue weighted by Gasteiger charge is 2.16. The fraction of sp³-hybridized carbons (Fsp3) is 0.250. The average molecular weight is 568 g/mol. The van der Waals surface area contributed by atoms with E-state index >= 15 is 0 Å². The van der Waals surface area contributed by atoms with Crippen molar-refractivity contribution in [3.8, 4) is 5.75 Å². The molecule has 3 aromatic carbocycles. The molecule has 0 unspecified atom stereocenters. The van der Waals surface area contributed by atoms with Crippen LogP contribution in [-0.4, -0.2) is 38.6 Å². The van der Waals surface area contributed by atoms with Crippen molar-refractivity contribution in [2.75, 3.05) is 18.4 Å². The lowest BCUT2D eigenvalue weighted by molar-refractivity contribution is -0.143. The van der Waals surface area contributed by atoms with Crippen LogP contribution in [0, 0.1) is 0 Å². The molecule has 0 aliphatic heterocycles. The van der Waals surface area contributed by atoms with E-state index in [2.05, 4.69) is 23.6 Å². The van der Waals surface area contributed by atoms with Crippen molar-refractivity contribution in [2.45, 2.75) is 38.1 Å². The van der Waals surface area contributed by atoms with E-state index in [1.54, 1.807) is 23.6 Å². The van der Waals surface area contributed by atoms with Crippen LogP contribution in [0.3, 0.4) is 0 Å². The zero-order valence-corrected chi connectivity index (χ0v) is 23.6. The molecule has 1 amide bonds. The topological polar surface area (TPSA) is 116 Å². The van der Waals surface area contributed by atoms with Gasteiger partial charge in [-0.05, 0) is 79.1 Å². The van der Waals surface area contributed by atoms with Crippen molar-refractivity contribution in [3.05, 3.63) is 82.7 Å². The Morgan fingerprint density at radius 1 is 1.03 bits per heavy atom. The fourth-order valence-electron chi connectivity index (χ4n) is 3.82. The van der Waals surface area contributed by atoms with Crippen molar-refractivity contribution in [2.24, 2.45) is 4.99 Å². The molecule has 0 spiro atoms. The molecule has 0 aliphatic carbocycles. The van der Waals surface area contributed by atoms with E-state index in [1.165, 1.54) is 54.8 Å². The van der Waals surface area contributed by atoms with Crippen molar-refractivity contribution in [1.82, 2.24) is 4.57 Å². The van der Waals surface area contributed by atoms with E-state index in [1.807, 2.05) is 18.2 Å². The van der Waals surface area contributed by atoms with Crippen LogP contribution >= 0.6 is 11.3 Å². The first kappa shape index (κ1) is 28.1. The molecule has 0 atom stereocenters. The molecule has 39 heavy (non-hydrogen) atoms. The van der Waals surface area contributed by atoms with Crippen LogP contribution in [0.15, 0.2) is 76.6 Å². The first-order chi connectivity index (χ1) is 18.6. The molecule has 0 saturated carbocycles. The highest BCUT2D eigenvalue weighted by molar-refractivity contribution is 7.92. The predicted octanol–water partition coefficient (Wildman–Crippen LogP) is 4.94. The largest absolute Gasteiger partial charge is 0.497 e. The number of methoxy groups -OCH3 is 1. The number of nitrogens with zero attached hydrogens (tertiary/aromatic N) is 2. The normalized spacial score (nSPS) is 12.1. The number of aromatic nitrogens is 1. The van der Waals surface area contributed by atoms with Gasteiger partial charge in [-0.2, -0.15) is 4.99 Å². The number of esters is 1. The van der Waals surface area contributed by atoms with Crippen LogP contribution in [0.1, 0.15) is 42.6 Å². The Bertz CT molecular complexity index is 1670. The molecular formula is C28H29N3O6S2. The summed E-state index contributed by atoms with van der Waals surface area (Å²) in [5.41, 5.74) is 2.48. The average Bonchev–Trinajstić information content (AvgIpc) is 3.24. The number of rotatable bonds is 9. The van der Waals surface area contributed by atoms with Gasteiger partial charge < -0.3 is 14.0 Å². The molecule has 1 aromatic heterocycles. The lowest BCUT2D eigenvalue weighted by atomic mass is 10.0. The summed E-state index contributed by atoms with van der Waals surface area (Å²) in [6.45, 7) is 6.10. The third kappa shape index (κ3) is 6.55. The summed E-state index contributed by atoms with van der Waals surface area (Å²) in [7, 11) is -2.33. The Kier molecular flexibility index (Phi) is 8.51. The molecule has 0 saturated heterocycles. The summed E-state index contributed by atoms with van der Waals surface area (Å²) < 4.78 is 40.7. The lowest BCUT2D eigenvalue weighted by Crippen LogP contribution is -2.23. The molecule has 1 heterocycles. The Morgan fingerprint density at radius 2 is 1.72 bits per heavy atom. The quantitative estimate of drug-likeness (QED) is 0.287. The number of anilines is 1. The van der Waals surface area contributed by atoms with E-state index in [4.69, 9.17) is 9.47 Å². The molecule has 0 bridgehead atoms. The van der Waals surface area contributed by atoms with Crippen molar-refractivity contribution < 1.29 is 27.5 Å². The maximum Gasteiger partial charge on any atom is 0.326 e. The van der Waals surface area contributed by atoms with Crippen molar-refractivity contribution >= 4 is 49.1 Å². The van der Waals surface area contributed by atoms with Crippen LogP contribution < -0.4 is 14.3 Å². The summed E-state index contributed by atoms with van der Waals surface area (Å²) in [5, 5.41) is 0. The van der Waals surface area contributed by atoms with Gasteiger partial charge in [0, 0.05) is 11.3 Å². The first-order valence-corrected chi connectivity index (χ1v) is 14.6. The molecule has 204 valence electrons. The zero-order valence-electron chi connectivity index (χ0n) is 22.0. The number of nitrogens with one attached hydrogen (secondary N) is 1. The SMILES string of the molecule is CCOC(=O)Cn1c(=NC(=O)c2ccc(NS(=O)(=O)c3ccc(OC)cc3)cc2)sc2cc(C(C)C)ccc21. The Morgan fingerprint density at radius 3 is 2.33 bits per heavy atom. The Labute approximate surface area is 230 Å². The van der Waals surface area contributed by atoms with Gasteiger partial charge in [0.15, 0.2) is 4.80 Å². The Hall–Kier alpha value is -3.96. The molecule has 0 aliphatic rings. The van der Waals surface area contributed by atoms with Gasteiger partial charge in [-0.3, -0.25) is 14.3 Å². The molecule has 9 nitrogen and oxygen atoms in total. The molecule has 0 fully saturated rings. The predicted molar refractivity (Wildman–Crippen MR) is 151 cm³/mol. The highest BCUT2D eigenvalue weighted by Crippen LogP contribution is 2.24. The van der Waals surface area contributed by atoms with Crippen LogP contribution in [0.25, 0.3) is 10.2 Å². The molecule has 0 radical (unpaired) electrons. The van der Waals surface area contributed by atoms with Gasteiger partial charge >= 0.3 is 5.97 Å². The highest BCUT2D eigenvalue weighted by atomic mass is 32.2. The molecule has 4 aromatic rings. The second-order valence-corrected chi connectivity index (χ2v) is 11.6. The summed E-state index contributed by atoms with van der Waals surface area (Å²) in [6, 6.07) is 18.0. The number of benzene rings is 3. The number of ether oxygens (including phenoxy) is 2. The number of carbonyl (C=O) groups is 2. The number of hydrogen-bond donors (Lipinski definition) is 1. The van der Waals surface area contributed by atoms with Gasteiger partial charge in [0.1, 0.15) is 12.3 Å². The summed E-state index contributed by atoms with van der Waals surface area (Å²) >= 11 is 1.32. The van der Waals surface area contributed by atoms with Gasteiger partial charge in [0.2, 0.25) is 0 Å². The summed E-state index contributed by atoms with van der Waals surface area (Å²) in [5.74, 6) is -0.0823. The number of hydrogen-bond acceptors (Lipinski definition) is 7. The standard InChI is InChI=1S/C28H29N3O6S2/c1-5-37-26(32)17-31-24-15-8-20(18(2)3)16-25(24)38-28(31)29-27(33)19-6-9-21(10-7-19)30-39(34,35)23-13-11-22(36-4)12-14-23/h6-16,18,30H,5,17H2,1-4H3. The number of sulfonamides is 1. The fourth-order valence-corrected chi connectivity index (χ4v) is 5.96. The number of carbonyl (C=O) groups excluding carboxylic acids is 2. The van der Waals surface area contributed by atoms with Crippen LogP contribution in [-0.2, 0) is 26.1 Å². The maximum atomic E-state index is 13.1. The Balaban J connectivity index is 1.62. The third-order valence-electron chi connectivity index (χ3n) is 5.92. The minimum atomic E-state index is -3.83. The number of amides is 1. The summed E-state index contributed by atoms with van der Waals surface area (Å²) in [4.78, 5) is 30.1. The van der Waals surface area contributed by atoms with Gasteiger partial charge in [0.05, 0.1) is 28.8 Å². The third-order valence-corrected chi connectivity index (χ3v) is 8.36. The van der Waals surface area contributed by atoms with Crippen molar-refractivity contribution in [3.63, 3.8) is 0 Å².